The average Bonchev–Trinajstić information content (AvgIpc) is 2.52. The Kier molecular flexibility index (Phi) is 2.21. The van der Waals surface area contributed by atoms with Gasteiger partial charge < -0.3 is 10.6 Å². The SMILES string of the molecule is C[C@@]12C[C@H](c3ccccc3N1)[C@H]1C[C@]2(C)Nc2ccccc21. The van der Waals surface area contributed by atoms with E-state index in [2.05, 4.69) is 73.0 Å². The molecule has 1 saturated carbocycles. The first-order valence-electron chi connectivity index (χ1n) is 8.34. The number of nitrogens with one attached hydrogen (secondary N) is 2. The smallest absolute Gasteiger partial charge is 0.0578 e. The van der Waals surface area contributed by atoms with Crippen molar-refractivity contribution in [3.8, 4) is 0 Å². The molecule has 0 amide bonds. The summed E-state index contributed by atoms with van der Waals surface area (Å²) in [6.07, 6.45) is 2.40. The van der Waals surface area contributed by atoms with E-state index in [1.807, 2.05) is 0 Å². The van der Waals surface area contributed by atoms with Crippen LogP contribution in [0.4, 0.5) is 11.4 Å². The van der Waals surface area contributed by atoms with Crippen molar-refractivity contribution >= 4 is 11.4 Å². The van der Waals surface area contributed by atoms with Gasteiger partial charge in [0.05, 0.1) is 11.1 Å². The highest BCUT2D eigenvalue weighted by atomic mass is 15.1. The van der Waals surface area contributed by atoms with Crippen LogP contribution in [-0.2, 0) is 0 Å². The lowest BCUT2D eigenvalue weighted by Gasteiger charge is -2.61. The third kappa shape index (κ3) is 1.41. The first-order chi connectivity index (χ1) is 10.6. The summed E-state index contributed by atoms with van der Waals surface area (Å²) in [5, 5.41) is 7.74. The summed E-state index contributed by atoms with van der Waals surface area (Å²) in [7, 11) is 0. The Balaban J connectivity index is 1.77. The fraction of sp³-hybridized carbons (Fsp3) is 0.400. The molecule has 2 heteroatoms. The lowest BCUT2D eigenvalue weighted by molar-refractivity contribution is 0.164. The van der Waals surface area contributed by atoms with E-state index < -0.39 is 0 Å². The molecule has 3 aliphatic rings. The van der Waals surface area contributed by atoms with E-state index in [1.54, 1.807) is 0 Å². The second-order valence-electron chi connectivity index (χ2n) is 7.71. The van der Waals surface area contributed by atoms with E-state index in [0.717, 1.165) is 0 Å². The van der Waals surface area contributed by atoms with Crippen LogP contribution >= 0.6 is 0 Å². The Morgan fingerprint density at radius 2 is 1.14 bits per heavy atom. The first-order valence-corrected chi connectivity index (χ1v) is 8.34. The molecule has 1 fully saturated rings. The maximum atomic E-state index is 3.87. The molecular formula is C20H22N2. The molecule has 2 N–H and O–H groups in total. The van der Waals surface area contributed by atoms with Gasteiger partial charge in [-0.3, -0.25) is 0 Å². The molecule has 0 aromatic heterocycles. The zero-order valence-electron chi connectivity index (χ0n) is 13.2. The van der Waals surface area contributed by atoms with E-state index in [4.69, 9.17) is 0 Å². The molecule has 1 aliphatic carbocycles. The van der Waals surface area contributed by atoms with E-state index >= 15 is 0 Å². The van der Waals surface area contributed by atoms with Crippen LogP contribution in [0, 0.1) is 0 Å². The van der Waals surface area contributed by atoms with Crippen molar-refractivity contribution in [2.45, 2.75) is 49.6 Å². The molecule has 0 spiro atoms. The lowest BCUT2D eigenvalue weighted by atomic mass is 9.54. The fourth-order valence-electron chi connectivity index (χ4n) is 5.11. The van der Waals surface area contributed by atoms with Gasteiger partial charge in [-0.1, -0.05) is 36.4 Å². The van der Waals surface area contributed by atoms with Gasteiger partial charge in [0.1, 0.15) is 0 Å². The zero-order valence-corrected chi connectivity index (χ0v) is 13.2. The highest BCUT2D eigenvalue weighted by Gasteiger charge is 2.57. The van der Waals surface area contributed by atoms with E-state index in [-0.39, 0.29) is 11.1 Å². The fourth-order valence-corrected chi connectivity index (χ4v) is 5.11. The van der Waals surface area contributed by atoms with Gasteiger partial charge in [0.2, 0.25) is 0 Å². The van der Waals surface area contributed by atoms with Crippen LogP contribution in [0.25, 0.3) is 0 Å². The van der Waals surface area contributed by atoms with Gasteiger partial charge in [-0.25, -0.2) is 0 Å². The molecule has 2 nitrogen and oxygen atoms in total. The van der Waals surface area contributed by atoms with Gasteiger partial charge in [0, 0.05) is 11.4 Å². The van der Waals surface area contributed by atoms with E-state index in [1.165, 1.54) is 35.3 Å². The molecule has 0 saturated heterocycles. The quantitative estimate of drug-likeness (QED) is 0.734. The van der Waals surface area contributed by atoms with Gasteiger partial charge in [0.15, 0.2) is 0 Å². The molecule has 4 bridgehead atoms. The van der Waals surface area contributed by atoms with Gasteiger partial charge in [-0.05, 0) is 61.8 Å². The van der Waals surface area contributed by atoms with Crippen molar-refractivity contribution in [3.05, 3.63) is 59.7 Å². The van der Waals surface area contributed by atoms with Crippen LogP contribution in [0.1, 0.15) is 49.7 Å². The largest absolute Gasteiger partial charge is 0.377 e. The summed E-state index contributed by atoms with van der Waals surface area (Å²) in [5.74, 6) is 1.25. The lowest BCUT2D eigenvalue weighted by Crippen LogP contribution is -2.67. The molecule has 0 unspecified atom stereocenters. The molecule has 2 aliphatic heterocycles. The maximum absolute atomic E-state index is 3.87. The Hall–Kier alpha value is -1.96. The number of para-hydroxylation sites is 2. The summed E-state index contributed by atoms with van der Waals surface area (Å²) in [4.78, 5) is 0. The third-order valence-corrected chi connectivity index (χ3v) is 6.50. The zero-order chi connectivity index (χ0) is 14.9. The number of hydrogen-bond acceptors (Lipinski definition) is 2. The van der Waals surface area contributed by atoms with Gasteiger partial charge in [-0.2, -0.15) is 0 Å². The van der Waals surface area contributed by atoms with Gasteiger partial charge >= 0.3 is 0 Å². The molecule has 112 valence electrons. The van der Waals surface area contributed by atoms with Crippen molar-refractivity contribution in [2.75, 3.05) is 10.6 Å². The Bertz CT molecular complexity index is 702. The van der Waals surface area contributed by atoms with Crippen LogP contribution in [0.15, 0.2) is 48.5 Å². The van der Waals surface area contributed by atoms with Crippen molar-refractivity contribution < 1.29 is 0 Å². The van der Waals surface area contributed by atoms with Crippen molar-refractivity contribution in [1.29, 1.82) is 0 Å². The van der Waals surface area contributed by atoms with E-state index in [9.17, 15) is 0 Å². The van der Waals surface area contributed by atoms with Crippen LogP contribution in [-0.4, -0.2) is 11.1 Å². The van der Waals surface area contributed by atoms with Crippen molar-refractivity contribution in [3.63, 3.8) is 0 Å². The molecule has 4 atom stereocenters. The minimum absolute atomic E-state index is 0.0933. The first kappa shape index (κ1) is 12.6. The molecule has 5 rings (SSSR count). The molecule has 0 radical (unpaired) electrons. The summed E-state index contributed by atoms with van der Waals surface area (Å²) in [5.41, 5.74) is 5.86. The predicted octanol–water partition coefficient (Wildman–Crippen LogP) is 4.72. The summed E-state index contributed by atoms with van der Waals surface area (Å²) in [6.45, 7) is 4.79. The number of fused-ring (bicyclic) bond motifs is 10. The molecular weight excluding hydrogens is 268 g/mol. The Morgan fingerprint density at radius 1 is 0.727 bits per heavy atom. The minimum Gasteiger partial charge on any atom is -0.377 e. The predicted molar refractivity (Wildman–Crippen MR) is 91.7 cm³/mol. The maximum Gasteiger partial charge on any atom is 0.0578 e. The minimum atomic E-state index is 0.0933. The molecule has 2 aromatic rings. The summed E-state index contributed by atoms with van der Waals surface area (Å²) < 4.78 is 0. The van der Waals surface area contributed by atoms with Crippen molar-refractivity contribution in [2.24, 2.45) is 0 Å². The van der Waals surface area contributed by atoms with Crippen LogP contribution in [0.3, 0.4) is 0 Å². The normalized spacial score (nSPS) is 37.4. The van der Waals surface area contributed by atoms with Crippen LogP contribution in [0.5, 0.6) is 0 Å². The number of benzene rings is 2. The average molecular weight is 290 g/mol. The monoisotopic (exact) mass is 290 g/mol. The second-order valence-corrected chi connectivity index (χ2v) is 7.71. The summed E-state index contributed by atoms with van der Waals surface area (Å²) in [6, 6.07) is 17.8. The number of hydrogen-bond donors (Lipinski definition) is 2. The third-order valence-electron chi connectivity index (χ3n) is 6.50. The molecule has 2 heterocycles. The topological polar surface area (TPSA) is 24.1 Å². The highest BCUT2D eigenvalue weighted by Crippen LogP contribution is 2.60. The highest BCUT2D eigenvalue weighted by molar-refractivity contribution is 5.67. The number of rotatable bonds is 0. The Morgan fingerprint density at radius 3 is 1.59 bits per heavy atom. The molecule has 2 aromatic carbocycles. The van der Waals surface area contributed by atoms with E-state index in [0.29, 0.717) is 11.8 Å². The van der Waals surface area contributed by atoms with Crippen LogP contribution < -0.4 is 10.6 Å². The summed E-state index contributed by atoms with van der Waals surface area (Å²) >= 11 is 0. The van der Waals surface area contributed by atoms with Gasteiger partial charge in [0.25, 0.3) is 0 Å². The Labute approximate surface area is 131 Å². The van der Waals surface area contributed by atoms with Gasteiger partial charge in [-0.15, -0.1) is 0 Å². The second kappa shape index (κ2) is 3.87. The van der Waals surface area contributed by atoms with Crippen LogP contribution in [0.2, 0.25) is 0 Å². The van der Waals surface area contributed by atoms with Crippen molar-refractivity contribution in [1.82, 2.24) is 0 Å². The standard InChI is InChI=1S/C20H22N2/c1-19-11-15(13-7-3-5-9-17(13)21-19)16-12-20(19,2)22-18-10-6-4-8-14(16)18/h3-10,15-16,21-22H,11-12H2,1-2H3/t15-,16+,19-,20-/m0/s1. The number of anilines is 2. The molecule has 22 heavy (non-hydrogen) atoms.